The SMILES string of the molecule is COc1ccc2ncccc2c1N[C@H]1CCNC1. The highest BCUT2D eigenvalue weighted by molar-refractivity contribution is 5.94. The van der Waals surface area contributed by atoms with Gasteiger partial charge in [-0.15, -0.1) is 0 Å². The van der Waals surface area contributed by atoms with Crippen molar-refractivity contribution in [3.8, 4) is 5.75 Å². The topological polar surface area (TPSA) is 46.2 Å². The Kier molecular flexibility index (Phi) is 3.02. The zero-order chi connectivity index (χ0) is 12.4. The van der Waals surface area contributed by atoms with E-state index >= 15 is 0 Å². The van der Waals surface area contributed by atoms with E-state index in [1.165, 1.54) is 0 Å². The zero-order valence-corrected chi connectivity index (χ0v) is 10.4. The molecule has 3 rings (SSSR count). The molecular formula is C14H17N3O. The molecule has 0 bridgehead atoms. The minimum absolute atomic E-state index is 0.463. The van der Waals surface area contributed by atoms with Gasteiger partial charge in [0.05, 0.1) is 18.3 Å². The van der Waals surface area contributed by atoms with Gasteiger partial charge in [-0.1, -0.05) is 0 Å². The monoisotopic (exact) mass is 243 g/mol. The van der Waals surface area contributed by atoms with E-state index in [9.17, 15) is 0 Å². The molecule has 94 valence electrons. The highest BCUT2D eigenvalue weighted by atomic mass is 16.5. The van der Waals surface area contributed by atoms with Crippen molar-refractivity contribution in [1.29, 1.82) is 0 Å². The van der Waals surface area contributed by atoms with Crippen molar-refractivity contribution in [2.24, 2.45) is 0 Å². The number of hydrogen-bond acceptors (Lipinski definition) is 4. The number of nitrogens with zero attached hydrogens (tertiary/aromatic N) is 1. The van der Waals surface area contributed by atoms with E-state index in [0.29, 0.717) is 6.04 Å². The van der Waals surface area contributed by atoms with E-state index in [4.69, 9.17) is 4.74 Å². The first-order valence-electron chi connectivity index (χ1n) is 6.27. The average molecular weight is 243 g/mol. The first-order chi connectivity index (χ1) is 8.88. The molecule has 0 unspecified atom stereocenters. The highest BCUT2D eigenvalue weighted by Gasteiger charge is 2.17. The predicted molar refractivity (Wildman–Crippen MR) is 73.2 cm³/mol. The molecular weight excluding hydrogens is 226 g/mol. The molecule has 1 aliphatic heterocycles. The van der Waals surface area contributed by atoms with Gasteiger partial charge in [-0.25, -0.2) is 0 Å². The number of fused-ring (bicyclic) bond motifs is 1. The first kappa shape index (κ1) is 11.3. The van der Waals surface area contributed by atoms with E-state index in [1.807, 2.05) is 24.4 Å². The Hall–Kier alpha value is -1.81. The molecule has 4 heteroatoms. The lowest BCUT2D eigenvalue weighted by Crippen LogP contribution is -2.22. The van der Waals surface area contributed by atoms with Crippen LogP contribution in [0.3, 0.4) is 0 Å². The van der Waals surface area contributed by atoms with Gasteiger partial charge in [-0.05, 0) is 37.2 Å². The van der Waals surface area contributed by atoms with Crippen LogP contribution in [-0.4, -0.2) is 31.2 Å². The van der Waals surface area contributed by atoms with Crippen molar-refractivity contribution in [3.63, 3.8) is 0 Å². The summed E-state index contributed by atoms with van der Waals surface area (Å²) in [5.41, 5.74) is 2.04. The molecule has 4 nitrogen and oxygen atoms in total. The summed E-state index contributed by atoms with van der Waals surface area (Å²) >= 11 is 0. The van der Waals surface area contributed by atoms with Gasteiger partial charge in [0.25, 0.3) is 0 Å². The second-order valence-electron chi connectivity index (χ2n) is 4.55. The molecule has 2 N–H and O–H groups in total. The van der Waals surface area contributed by atoms with E-state index in [1.54, 1.807) is 7.11 Å². The number of rotatable bonds is 3. The van der Waals surface area contributed by atoms with Gasteiger partial charge in [0, 0.05) is 24.2 Å². The summed E-state index contributed by atoms with van der Waals surface area (Å²) in [6.45, 7) is 2.07. The molecule has 0 amide bonds. The minimum atomic E-state index is 0.463. The minimum Gasteiger partial charge on any atom is -0.495 e. The van der Waals surface area contributed by atoms with Crippen molar-refractivity contribution < 1.29 is 4.74 Å². The molecule has 2 aromatic rings. The fourth-order valence-electron chi connectivity index (χ4n) is 2.43. The Morgan fingerprint density at radius 1 is 1.39 bits per heavy atom. The number of aromatic nitrogens is 1. The van der Waals surface area contributed by atoms with Crippen LogP contribution in [-0.2, 0) is 0 Å². The van der Waals surface area contributed by atoms with Crippen LogP contribution in [0.1, 0.15) is 6.42 Å². The second-order valence-corrected chi connectivity index (χ2v) is 4.55. The lowest BCUT2D eigenvalue weighted by molar-refractivity contribution is 0.416. The van der Waals surface area contributed by atoms with Crippen molar-refractivity contribution in [2.45, 2.75) is 12.5 Å². The smallest absolute Gasteiger partial charge is 0.142 e. The second kappa shape index (κ2) is 4.82. The van der Waals surface area contributed by atoms with Crippen molar-refractivity contribution in [2.75, 3.05) is 25.5 Å². The summed E-state index contributed by atoms with van der Waals surface area (Å²) in [7, 11) is 1.70. The Morgan fingerprint density at radius 2 is 2.33 bits per heavy atom. The van der Waals surface area contributed by atoms with Crippen LogP contribution < -0.4 is 15.4 Å². The van der Waals surface area contributed by atoms with Gasteiger partial charge in [0.2, 0.25) is 0 Å². The zero-order valence-electron chi connectivity index (χ0n) is 10.4. The fraction of sp³-hybridized carbons (Fsp3) is 0.357. The average Bonchev–Trinajstić information content (AvgIpc) is 2.92. The Balaban J connectivity index is 2.05. The molecule has 18 heavy (non-hydrogen) atoms. The third-order valence-electron chi connectivity index (χ3n) is 3.38. The summed E-state index contributed by atoms with van der Waals surface area (Å²) in [5, 5.41) is 8.05. The standard InChI is InChI=1S/C14H17N3O/c1-18-13-5-4-12-11(3-2-7-16-12)14(13)17-10-6-8-15-9-10/h2-5,7,10,15,17H,6,8-9H2,1H3/t10-/m0/s1. The van der Waals surface area contributed by atoms with Crippen molar-refractivity contribution in [3.05, 3.63) is 30.5 Å². The van der Waals surface area contributed by atoms with Gasteiger partial charge in [0.15, 0.2) is 0 Å². The summed E-state index contributed by atoms with van der Waals surface area (Å²) in [6, 6.07) is 8.46. The van der Waals surface area contributed by atoms with E-state index in [2.05, 4.69) is 21.7 Å². The normalized spacial score (nSPS) is 19.1. The molecule has 1 saturated heterocycles. The van der Waals surface area contributed by atoms with Gasteiger partial charge in [-0.3, -0.25) is 4.98 Å². The quantitative estimate of drug-likeness (QED) is 0.865. The summed E-state index contributed by atoms with van der Waals surface area (Å²) in [6.07, 6.45) is 2.95. The van der Waals surface area contributed by atoms with Crippen molar-refractivity contribution >= 4 is 16.6 Å². The molecule has 1 aromatic heterocycles. The van der Waals surface area contributed by atoms with E-state index < -0.39 is 0 Å². The molecule has 1 atom stereocenters. The van der Waals surface area contributed by atoms with Crippen LogP contribution in [0, 0.1) is 0 Å². The number of methoxy groups -OCH3 is 1. The van der Waals surface area contributed by atoms with Crippen LogP contribution in [0.25, 0.3) is 10.9 Å². The number of hydrogen-bond donors (Lipinski definition) is 2. The fourth-order valence-corrected chi connectivity index (χ4v) is 2.43. The number of ether oxygens (including phenoxy) is 1. The van der Waals surface area contributed by atoms with Gasteiger partial charge in [-0.2, -0.15) is 0 Å². The Bertz CT molecular complexity index is 550. The largest absolute Gasteiger partial charge is 0.495 e. The Labute approximate surface area is 106 Å². The molecule has 0 spiro atoms. The van der Waals surface area contributed by atoms with Crippen LogP contribution >= 0.6 is 0 Å². The molecule has 1 aromatic carbocycles. The number of anilines is 1. The Morgan fingerprint density at radius 3 is 3.11 bits per heavy atom. The highest BCUT2D eigenvalue weighted by Crippen LogP contribution is 2.33. The van der Waals surface area contributed by atoms with E-state index in [-0.39, 0.29) is 0 Å². The maximum absolute atomic E-state index is 5.45. The van der Waals surface area contributed by atoms with Crippen LogP contribution in [0.15, 0.2) is 30.5 Å². The van der Waals surface area contributed by atoms with Crippen molar-refractivity contribution in [1.82, 2.24) is 10.3 Å². The molecule has 2 heterocycles. The summed E-state index contributed by atoms with van der Waals surface area (Å²) < 4.78 is 5.45. The lowest BCUT2D eigenvalue weighted by Gasteiger charge is -2.17. The third kappa shape index (κ3) is 1.99. The van der Waals surface area contributed by atoms with Gasteiger partial charge >= 0.3 is 0 Å². The summed E-state index contributed by atoms with van der Waals surface area (Å²) in [5.74, 6) is 0.877. The predicted octanol–water partition coefficient (Wildman–Crippen LogP) is 2.02. The molecule has 1 aliphatic rings. The van der Waals surface area contributed by atoms with Crippen LogP contribution in [0.2, 0.25) is 0 Å². The van der Waals surface area contributed by atoms with Crippen LogP contribution in [0.4, 0.5) is 5.69 Å². The van der Waals surface area contributed by atoms with Gasteiger partial charge < -0.3 is 15.4 Å². The third-order valence-corrected chi connectivity index (χ3v) is 3.38. The number of benzene rings is 1. The summed E-state index contributed by atoms with van der Waals surface area (Å²) in [4.78, 5) is 4.38. The van der Waals surface area contributed by atoms with E-state index in [0.717, 1.165) is 41.9 Å². The lowest BCUT2D eigenvalue weighted by atomic mass is 10.1. The number of pyridine rings is 1. The number of nitrogens with one attached hydrogen (secondary N) is 2. The molecule has 0 radical (unpaired) electrons. The first-order valence-corrected chi connectivity index (χ1v) is 6.27. The molecule has 0 saturated carbocycles. The van der Waals surface area contributed by atoms with Gasteiger partial charge in [0.1, 0.15) is 5.75 Å². The molecule has 0 aliphatic carbocycles. The van der Waals surface area contributed by atoms with Crippen LogP contribution in [0.5, 0.6) is 5.75 Å². The maximum Gasteiger partial charge on any atom is 0.142 e. The maximum atomic E-state index is 5.45. The molecule has 1 fully saturated rings.